The molecule has 0 unspecified atom stereocenters. The van der Waals surface area contributed by atoms with Gasteiger partial charge in [0.15, 0.2) is 0 Å². The Kier molecular flexibility index (Phi) is 3.99. The van der Waals surface area contributed by atoms with Gasteiger partial charge in [-0.05, 0) is 24.6 Å². The van der Waals surface area contributed by atoms with Gasteiger partial charge in [0.1, 0.15) is 12.4 Å². The number of hydrogen-bond donors (Lipinski definition) is 2. The van der Waals surface area contributed by atoms with E-state index in [1.807, 2.05) is 5.43 Å². The van der Waals surface area contributed by atoms with Crippen molar-refractivity contribution >= 4 is 5.91 Å². The van der Waals surface area contributed by atoms with Crippen molar-refractivity contribution < 1.29 is 9.18 Å². The third-order valence-corrected chi connectivity index (χ3v) is 2.96. The highest BCUT2D eigenvalue weighted by Crippen LogP contribution is 2.13. The first-order valence-electron chi connectivity index (χ1n) is 6.02. The lowest BCUT2D eigenvalue weighted by Gasteiger charge is -2.10. The average molecular weight is 292 g/mol. The molecule has 1 aromatic heterocycles. The number of aryl methyl sites for hydroxylation is 1. The van der Waals surface area contributed by atoms with E-state index in [-0.39, 0.29) is 12.2 Å². The van der Waals surface area contributed by atoms with Crippen molar-refractivity contribution in [2.45, 2.75) is 13.5 Å². The molecule has 0 aliphatic heterocycles. The molecule has 21 heavy (non-hydrogen) atoms. The molecule has 0 aliphatic carbocycles. The summed E-state index contributed by atoms with van der Waals surface area (Å²) in [5, 5.41) is 0. The Balaban J connectivity index is 2.56. The Morgan fingerprint density at radius 2 is 2.00 bits per heavy atom. The first-order valence-corrected chi connectivity index (χ1v) is 6.02. The van der Waals surface area contributed by atoms with E-state index >= 15 is 0 Å². The van der Waals surface area contributed by atoms with E-state index < -0.39 is 22.8 Å². The maximum atomic E-state index is 13.3. The standard InChI is InChI=1S/C13H13FN4O3/c1-8-2-3-9(14)6-10(8)18-5-4-17(7-11(19)16-15)12(20)13(18)21/h2-6H,7,15H2,1H3,(H,16,19). The van der Waals surface area contributed by atoms with Gasteiger partial charge in [-0.1, -0.05) is 6.07 Å². The van der Waals surface area contributed by atoms with Crippen molar-refractivity contribution in [3.63, 3.8) is 0 Å². The fourth-order valence-corrected chi connectivity index (χ4v) is 1.87. The zero-order valence-electron chi connectivity index (χ0n) is 11.2. The van der Waals surface area contributed by atoms with Crippen molar-refractivity contribution in [1.82, 2.24) is 14.6 Å². The number of carbonyl (C=O) groups is 1. The lowest BCUT2D eigenvalue weighted by Crippen LogP contribution is -2.43. The zero-order valence-corrected chi connectivity index (χ0v) is 11.2. The number of hydrazine groups is 1. The maximum absolute atomic E-state index is 13.3. The van der Waals surface area contributed by atoms with Crippen molar-refractivity contribution in [1.29, 1.82) is 0 Å². The van der Waals surface area contributed by atoms with Crippen molar-refractivity contribution in [2.75, 3.05) is 0 Å². The molecule has 1 amide bonds. The molecule has 8 heteroatoms. The number of carbonyl (C=O) groups excluding carboxylic acids is 1. The van der Waals surface area contributed by atoms with Crippen LogP contribution in [-0.4, -0.2) is 15.0 Å². The van der Waals surface area contributed by atoms with Crippen LogP contribution in [-0.2, 0) is 11.3 Å². The zero-order chi connectivity index (χ0) is 15.6. The van der Waals surface area contributed by atoms with Crippen LogP contribution in [0.2, 0.25) is 0 Å². The lowest BCUT2D eigenvalue weighted by molar-refractivity contribution is -0.121. The first kappa shape index (κ1) is 14.7. The molecular weight excluding hydrogens is 279 g/mol. The molecule has 0 saturated heterocycles. The van der Waals surface area contributed by atoms with E-state index in [1.165, 1.54) is 24.5 Å². The van der Waals surface area contributed by atoms with Crippen molar-refractivity contribution in [3.05, 3.63) is 62.7 Å². The van der Waals surface area contributed by atoms with Gasteiger partial charge in [0, 0.05) is 12.4 Å². The summed E-state index contributed by atoms with van der Waals surface area (Å²) in [7, 11) is 0. The normalized spacial score (nSPS) is 10.4. The van der Waals surface area contributed by atoms with Crippen LogP contribution in [0.3, 0.4) is 0 Å². The molecule has 2 aromatic rings. The van der Waals surface area contributed by atoms with Gasteiger partial charge in [0.05, 0.1) is 5.69 Å². The molecule has 110 valence electrons. The number of halogens is 1. The SMILES string of the molecule is Cc1ccc(F)cc1-n1ccn(CC(=O)NN)c(=O)c1=O. The molecule has 0 spiro atoms. The van der Waals surface area contributed by atoms with Crippen LogP contribution in [0.4, 0.5) is 4.39 Å². The summed E-state index contributed by atoms with van der Waals surface area (Å²) >= 11 is 0. The quantitative estimate of drug-likeness (QED) is 0.343. The predicted molar refractivity (Wildman–Crippen MR) is 73.3 cm³/mol. The average Bonchev–Trinajstić information content (AvgIpc) is 2.47. The van der Waals surface area contributed by atoms with Gasteiger partial charge in [-0.3, -0.25) is 28.9 Å². The maximum Gasteiger partial charge on any atom is 0.320 e. The fourth-order valence-electron chi connectivity index (χ4n) is 1.87. The van der Waals surface area contributed by atoms with Gasteiger partial charge in [0.2, 0.25) is 0 Å². The number of aromatic nitrogens is 2. The molecular formula is C13H13FN4O3. The number of rotatable bonds is 3. The minimum Gasteiger partial charge on any atom is -0.300 e. The number of hydrogen-bond acceptors (Lipinski definition) is 4. The number of nitrogens with one attached hydrogen (secondary N) is 1. The highest BCUT2D eigenvalue weighted by molar-refractivity contribution is 5.74. The monoisotopic (exact) mass is 292 g/mol. The van der Waals surface area contributed by atoms with Gasteiger partial charge in [-0.2, -0.15) is 0 Å². The van der Waals surface area contributed by atoms with E-state index in [9.17, 15) is 18.8 Å². The summed E-state index contributed by atoms with van der Waals surface area (Å²) in [6.45, 7) is 1.32. The molecule has 2 rings (SSSR count). The van der Waals surface area contributed by atoms with E-state index in [0.29, 0.717) is 5.56 Å². The van der Waals surface area contributed by atoms with Crippen LogP contribution in [0.15, 0.2) is 40.2 Å². The second-order valence-corrected chi connectivity index (χ2v) is 4.40. The fraction of sp³-hybridized carbons (Fsp3) is 0.154. The van der Waals surface area contributed by atoms with Crippen molar-refractivity contribution in [2.24, 2.45) is 5.84 Å². The van der Waals surface area contributed by atoms with Crippen LogP contribution in [0.25, 0.3) is 5.69 Å². The smallest absolute Gasteiger partial charge is 0.300 e. The van der Waals surface area contributed by atoms with Gasteiger partial charge in [-0.15, -0.1) is 0 Å². The molecule has 0 saturated carbocycles. The Morgan fingerprint density at radius 1 is 1.29 bits per heavy atom. The predicted octanol–water partition coefficient (Wildman–Crippen LogP) is -0.563. The van der Waals surface area contributed by atoms with Crippen molar-refractivity contribution in [3.8, 4) is 5.69 Å². The summed E-state index contributed by atoms with van der Waals surface area (Å²) in [5.74, 6) is 3.79. The molecule has 0 atom stereocenters. The molecule has 1 heterocycles. The van der Waals surface area contributed by atoms with Gasteiger partial charge in [-0.25, -0.2) is 10.2 Å². The number of nitrogens with zero attached hydrogens (tertiary/aromatic N) is 2. The third kappa shape index (κ3) is 2.90. The Bertz CT molecular complexity index is 810. The van der Waals surface area contributed by atoms with Crippen LogP contribution < -0.4 is 22.4 Å². The number of nitrogens with two attached hydrogens (primary N) is 1. The molecule has 1 aromatic carbocycles. The van der Waals surface area contributed by atoms with E-state index in [4.69, 9.17) is 5.84 Å². The molecule has 3 N–H and O–H groups in total. The second-order valence-electron chi connectivity index (χ2n) is 4.40. The number of benzene rings is 1. The van der Waals surface area contributed by atoms with E-state index in [0.717, 1.165) is 15.2 Å². The van der Waals surface area contributed by atoms with E-state index in [2.05, 4.69) is 0 Å². The Hall–Kier alpha value is -2.74. The Morgan fingerprint density at radius 3 is 2.67 bits per heavy atom. The number of amides is 1. The third-order valence-electron chi connectivity index (χ3n) is 2.96. The summed E-state index contributed by atoms with van der Waals surface area (Å²) in [6, 6.07) is 3.92. The van der Waals surface area contributed by atoms with Crippen LogP contribution in [0.1, 0.15) is 5.56 Å². The molecule has 0 aliphatic rings. The van der Waals surface area contributed by atoms with E-state index in [1.54, 1.807) is 6.92 Å². The van der Waals surface area contributed by atoms with Crippen LogP contribution >= 0.6 is 0 Å². The minimum absolute atomic E-state index is 0.271. The molecule has 0 radical (unpaired) electrons. The van der Waals surface area contributed by atoms with Gasteiger partial charge < -0.3 is 0 Å². The Labute approximate surface area is 118 Å². The van der Waals surface area contributed by atoms with Gasteiger partial charge in [0.25, 0.3) is 5.91 Å². The second kappa shape index (κ2) is 5.71. The first-order chi connectivity index (χ1) is 9.93. The van der Waals surface area contributed by atoms with Gasteiger partial charge >= 0.3 is 11.1 Å². The summed E-state index contributed by atoms with van der Waals surface area (Å²) in [5.41, 5.74) is 0.994. The highest BCUT2D eigenvalue weighted by Gasteiger charge is 2.11. The van der Waals surface area contributed by atoms with Crippen LogP contribution in [0, 0.1) is 12.7 Å². The molecule has 0 fully saturated rings. The largest absolute Gasteiger partial charge is 0.320 e. The summed E-state index contributed by atoms with van der Waals surface area (Å²) in [6.07, 6.45) is 2.57. The van der Waals surface area contributed by atoms with Crippen LogP contribution in [0.5, 0.6) is 0 Å². The summed E-state index contributed by atoms with van der Waals surface area (Å²) in [4.78, 5) is 35.1. The summed E-state index contributed by atoms with van der Waals surface area (Å²) < 4.78 is 15.3. The lowest BCUT2D eigenvalue weighted by atomic mass is 10.2. The molecule has 0 bridgehead atoms. The molecule has 7 nitrogen and oxygen atoms in total. The minimum atomic E-state index is -0.898. The highest BCUT2D eigenvalue weighted by atomic mass is 19.1. The topological polar surface area (TPSA) is 99.1 Å².